The summed E-state index contributed by atoms with van der Waals surface area (Å²) in [6, 6.07) is 20.6. The number of nitrogens with one attached hydrogen (secondary N) is 2. The number of sulfonamides is 1. The van der Waals surface area contributed by atoms with E-state index in [2.05, 4.69) is 15.2 Å². The van der Waals surface area contributed by atoms with Gasteiger partial charge in [-0.1, -0.05) is 54.9 Å². The Kier molecular flexibility index (Phi) is 10.1. The number of nitrogens with zero attached hydrogens (tertiary/aromatic N) is 4. The Labute approximate surface area is 287 Å². The number of aromatic amines is 1. The SMILES string of the molecule is C[C@@H](c1c[nH]c2ccccc12)[C@@H](NC(=O)N1CCCN(S(=O)(=O)c2ccccc2)CC1)C(=O)N1C[C@@H](CN(C)C)Cc2cc(Cl)ccc21. The van der Waals surface area contributed by atoms with Crippen LogP contribution in [-0.2, 0) is 21.2 Å². The van der Waals surface area contributed by atoms with Gasteiger partial charge in [-0.3, -0.25) is 4.79 Å². The number of hydrogen-bond donors (Lipinski definition) is 2. The molecule has 0 spiro atoms. The second-order valence-corrected chi connectivity index (χ2v) is 15.5. The van der Waals surface area contributed by atoms with Crippen molar-refractivity contribution in [2.75, 3.05) is 58.3 Å². The van der Waals surface area contributed by atoms with Gasteiger partial charge in [-0.15, -0.1) is 0 Å². The lowest BCUT2D eigenvalue weighted by atomic mass is 9.88. The van der Waals surface area contributed by atoms with Crippen LogP contribution < -0.4 is 10.2 Å². The lowest BCUT2D eigenvalue weighted by molar-refractivity contribution is -0.121. The van der Waals surface area contributed by atoms with Crippen LogP contribution in [-0.4, -0.2) is 98.9 Å². The quantitative estimate of drug-likeness (QED) is 0.265. The molecule has 254 valence electrons. The summed E-state index contributed by atoms with van der Waals surface area (Å²) in [6.45, 7) is 4.30. The molecule has 3 atom stereocenters. The van der Waals surface area contributed by atoms with Crippen molar-refractivity contribution in [2.24, 2.45) is 5.92 Å². The second kappa shape index (κ2) is 14.3. The first-order valence-corrected chi connectivity index (χ1v) is 18.3. The lowest BCUT2D eigenvalue weighted by Crippen LogP contribution is -2.56. The van der Waals surface area contributed by atoms with Crippen LogP contribution in [0.4, 0.5) is 10.5 Å². The molecule has 6 rings (SSSR count). The van der Waals surface area contributed by atoms with Gasteiger partial charge in [-0.2, -0.15) is 4.31 Å². The highest BCUT2D eigenvalue weighted by Crippen LogP contribution is 2.35. The van der Waals surface area contributed by atoms with Crippen molar-refractivity contribution >= 4 is 50.2 Å². The molecule has 0 bridgehead atoms. The van der Waals surface area contributed by atoms with Gasteiger partial charge in [0, 0.05) is 73.0 Å². The Morgan fingerprint density at radius 2 is 1.75 bits per heavy atom. The van der Waals surface area contributed by atoms with Gasteiger partial charge in [-0.25, -0.2) is 13.2 Å². The van der Waals surface area contributed by atoms with Gasteiger partial charge in [0.05, 0.1) is 4.90 Å². The molecular formula is C36H43ClN6O4S. The van der Waals surface area contributed by atoms with E-state index < -0.39 is 22.1 Å². The van der Waals surface area contributed by atoms with Gasteiger partial charge in [0.2, 0.25) is 15.9 Å². The largest absolute Gasteiger partial charge is 0.361 e. The zero-order chi connectivity index (χ0) is 34.0. The van der Waals surface area contributed by atoms with E-state index in [0.717, 1.165) is 40.7 Å². The van der Waals surface area contributed by atoms with Crippen LogP contribution in [0.3, 0.4) is 0 Å². The number of rotatable bonds is 8. The molecule has 1 aromatic heterocycles. The summed E-state index contributed by atoms with van der Waals surface area (Å²) in [5, 5.41) is 4.73. The molecular weight excluding hydrogens is 648 g/mol. The Hall–Kier alpha value is -3.90. The molecule has 3 heterocycles. The zero-order valence-electron chi connectivity index (χ0n) is 27.6. The van der Waals surface area contributed by atoms with Gasteiger partial charge in [0.15, 0.2) is 0 Å². The van der Waals surface area contributed by atoms with Crippen LogP contribution in [0.5, 0.6) is 0 Å². The van der Waals surface area contributed by atoms with Crippen molar-refractivity contribution in [3.63, 3.8) is 0 Å². The van der Waals surface area contributed by atoms with E-state index >= 15 is 0 Å². The third-order valence-corrected chi connectivity index (χ3v) is 11.6. The number of amides is 3. The molecule has 1 saturated heterocycles. The van der Waals surface area contributed by atoms with Crippen LogP contribution in [0, 0.1) is 5.92 Å². The van der Waals surface area contributed by atoms with Crippen LogP contribution >= 0.6 is 11.6 Å². The number of aromatic nitrogens is 1. The maximum absolute atomic E-state index is 14.8. The van der Waals surface area contributed by atoms with Gasteiger partial charge in [0.25, 0.3) is 0 Å². The lowest BCUT2D eigenvalue weighted by Gasteiger charge is -2.39. The normalized spacial score (nSPS) is 18.7. The van der Waals surface area contributed by atoms with Crippen molar-refractivity contribution in [3.8, 4) is 0 Å². The molecule has 3 amide bonds. The summed E-state index contributed by atoms with van der Waals surface area (Å²) in [5.41, 5.74) is 3.69. The minimum absolute atomic E-state index is 0.160. The summed E-state index contributed by atoms with van der Waals surface area (Å²) in [4.78, 5) is 38.0. The number of carbonyl (C=O) groups is 2. The number of benzene rings is 3. The smallest absolute Gasteiger partial charge is 0.318 e. The maximum atomic E-state index is 14.8. The van der Waals surface area contributed by atoms with Gasteiger partial charge in [-0.05, 0) is 80.4 Å². The third-order valence-electron chi connectivity index (χ3n) is 9.45. The van der Waals surface area contributed by atoms with Crippen LogP contribution in [0.25, 0.3) is 10.9 Å². The Bertz CT molecular complexity index is 1880. The average Bonchev–Trinajstić information content (AvgIpc) is 3.34. The standard InChI is InChI=1S/C36H43ClN6O4S/c1-25(31-22-38-32-13-8-7-12-30(31)32)34(35(44)43-24-26(23-40(2)3)20-27-21-28(37)14-15-33(27)43)39-36(45)41-16-9-17-42(19-18-41)48(46,47)29-10-5-4-6-11-29/h4-8,10-15,21-22,25-26,34,38H,9,16-20,23-24H2,1-3H3,(H,39,45)/t25-,26+,34+/m0/s1. The number of para-hydroxylation sites is 1. The summed E-state index contributed by atoms with van der Waals surface area (Å²) in [6.07, 6.45) is 3.18. The molecule has 2 N–H and O–H groups in total. The number of anilines is 1. The van der Waals surface area contributed by atoms with Crippen LogP contribution in [0.2, 0.25) is 5.02 Å². The fraction of sp³-hybridized carbons (Fsp3) is 0.389. The number of H-pyrrole nitrogens is 1. The fourth-order valence-corrected chi connectivity index (χ4v) is 8.77. The number of fused-ring (bicyclic) bond motifs is 2. The predicted octanol–water partition coefficient (Wildman–Crippen LogP) is 5.17. The second-order valence-electron chi connectivity index (χ2n) is 13.1. The maximum Gasteiger partial charge on any atom is 0.318 e. The molecule has 1 fully saturated rings. The molecule has 0 aliphatic carbocycles. The number of halogens is 1. The van der Waals surface area contributed by atoms with Crippen molar-refractivity contribution in [3.05, 3.63) is 95.1 Å². The Balaban J connectivity index is 1.29. The van der Waals surface area contributed by atoms with Crippen molar-refractivity contribution in [1.82, 2.24) is 24.4 Å². The number of hydrogen-bond acceptors (Lipinski definition) is 5. The molecule has 2 aliphatic rings. The molecule has 0 saturated carbocycles. The Morgan fingerprint density at radius 1 is 1.00 bits per heavy atom. The van der Waals surface area contributed by atoms with Crippen molar-refractivity contribution in [1.29, 1.82) is 0 Å². The minimum atomic E-state index is -3.70. The molecule has 12 heteroatoms. The highest BCUT2D eigenvalue weighted by atomic mass is 35.5. The fourth-order valence-electron chi connectivity index (χ4n) is 7.08. The van der Waals surface area contributed by atoms with Gasteiger partial charge >= 0.3 is 6.03 Å². The molecule has 0 unspecified atom stereocenters. The van der Waals surface area contributed by atoms with Crippen LogP contribution in [0.15, 0.2) is 83.9 Å². The van der Waals surface area contributed by atoms with Crippen LogP contribution in [0.1, 0.15) is 30.4 Å². The summed E-state index contributed by atoms with van der Waals surface area (Å²) < 4.78 is 28.1. The average molecular weight is 691 g/mol. The predicted molar refractivity (Wildman–Crippen MR) is 190 cm³/mol. The highest BCUT2D eigenvalue weighted by Gasteiger charge is 2.38. The molecule has 10 nitrogen and oxygen atoms in total. The first-order valence-electron chi connectivity index (χ1n) is 16.4. The molecule has 3 aromatic carbocycles. The topological polar surface area (TPSA) is 109 Å². The van der Waals surface area contributed by atoms with Gasteiger partial charge in [0.1, 0.15) is 6.04 Å². The molecule has 4 aromatic rings. The first kappa shape index (κ1) is 34.0. The highest BCUT2D eigenvalue weighted by molar-refractivity contribution is 7.89. The van der Waals surface area contributed by atoms with E-state index in [4.69, 9.17) is 11.6 Å². The molecule has 2 aliphatic heterocycles. The molecule has 0 radical (unpaired) electrons. The summed E-state index contributed by atoms with van der Waals surface area (Å²) in [5.74, 6) is -0.404. The minimum Gasteiger partial charge on any atom is -0.361 e. The van der Waals surface area contributed by atoms with E-state index in [-0.39, 0.29) is 35.7 Å². The van der Waals surface area contributed by atoms with E-state index in [1.54, 1.807) is 41.3 Å². The van der Waals surface area contributed by atoms with Crippen molar-refractivity contribution in [2.45, 2.75) is 36.6 Å². The monoisotopic (exact) mass is 690 g/mol. The van der Waals surface area contributed by atoms with E-state index in [9.17, 15) is 18.0 Å². The third kappa shape index (κ3) is 7.10. The first-order chi connectivity index (χ1) is 23.0. The van der Waals surface area contributed by atoms with E-state index in [1.807, 2.05) is 68.5 Å². The van der Waals surface area contributed by atoms with E-state index in [1.165, 1.54) is 4.31 Å². The van der Waals surface area contributed by atoms with Crippen molar-refractivity contribution < 1.29 is 18.0 Å². The number of carbonyl (C=O) groups excluding carboxylic acids is 2. The van der Waals surface area contributed by atoms with E-state index in [0.29, 0.717) is 31.1 Å². The summed E-state index contributed by atoms with van der Waals surface area (Å²) in [7, 11) is 0.349. The zero-order valence-corrected chi connectivity index (χ0v) is 29.2. The Morgan fingerprint density at radius 3 is 2.52 bits per heavy atom. The van der Waals surface area contributed by atoms with Gasteiger partial charge < -0.3 is 25.0 Å². The number of urea groups is 1. The summed E-state index contributed by atoms with van der Waals surface area (Å²) >= 11 is 6.41. The molecule has 48 heavy (non-hydrogen) atoms.